The molecule has 0 aromatic rings. The van der Waals surface area contributed by atoms with E-state index >= 15 is 0 Å². The minimum atomic E-state index is 0.275. The zero-order valence-corrected chi connectivity index (χ0v) is 13.0. The molecule has 0 N–H and O–H groups in total. The van der Waals surface area contributed by atoms with Crippen molar-refractivity contribution in [1.29, 1.82) is 0 Å². The molecule has 1 aliphatic rings. The molecule has 0 aromatic carbocycles. The molecule has 98 valence electrons. The second-order valence-corrected chi connectivity index (χ2v) is 7.89. The minimum absolute atomic E-state index is 0.275. The third kappa shape index (κ3) is 2.67. The van der Waals surface area contributed by atoms with E-state index in [4.69, 9.17) is 0 Å². The van der Waals surface area contributed by atoms with Crippen LogP contribution in [0.1, 0.15) is 61.8 Å². The van der Waals surface area contributed by atoms with Gasteiger partial charge in [0.2, 0.25) is 0 Å². The quantitative estimate of drug-likeness (QED) is 0.553. The van der Waals surface area contributed by atoms with Gasteiger partial charge in [0.15, 0.2) is 0 Å². The number of hydrogen-bond donors (Lipinski definition) is 0. The van der Waals surface area contributed by atoms with E-state index in [0.717, 1.165) is 0 Å². The van der Waals surface area contributed by atoms with Crippen LogP contribution in [-0.4, -0.2) is 0 Å². The lowest BCUT2D eigenvalue weighted by atomic mass is 9.57. The van der Waals surface area contributed by atoms with Crippen LogP contribution >= 0.6 is 0 Å². The molecular weight excluding hydrogens is 204 g/mol. The molecule has 1 aliphatic carbocycles. The molecule has 1 rings (SSSR count). The summed E-state index contributed by atoms with van der Waals surface area (Å²) in [5, 5.41) is 0. The topological polar surface area (TPSA) is 0 Å². The highest BCUT2D eigenvalue weighted by atomic mass is 14.5. The van der Waals surface area contributed by atoms with Gasteiger partial charge < -0.3 is 0 Å². The molecule has 17 heavy (non-hydrogen) atoms. The van der Waals surface area contributed by atoms with Crippen molar-refractivity contribution < 1.29 is 0 Å². The predicted octanol–water partition coefficient (Wildman–Crippen LogP) is 5.61. The van der Waals surface area contributed by atoms with Gasteiger partial charge in [0, 0.05) is 0 Å². The van der Waals surface area contributed by atoms with Crippen LogP contribution in [0.2, 0.25) is 0 Å². The van der Waals surface area contributed by atoms with Crippen LogP contribution in [0.4, 0.5) is 0 Å². The molecule has 1 unspecified atom stereocenters. The van der Waals surface area contributed by atoms with E-state index in [1.54, 1.807) is 0 Å². The Labute approximate surface area is 108 Å². The Morgan fingerprint density at radius 3 is 1.82 bits per heavy atom. The van der Waals surface area contributed by atoms with Gasteiger partial charge in [-0.2, -0.15) is 0 Å². The molecule has 0 radical (unpaired) electrons. The average Bonchev–Trinajstić information content (AvgIpc) is 2.14. The maximum absolute atomic E-state index is 2.48. The highest BCUT2D eigenvalue weighted by Gasteiger charge is 2.42. The Kier molecular flexibility index (Phi) is 3.68. The van der Waals surface area contributed by atoms with Gasteiger partial charge in [-0.05, 0) is 34.2 Å². The third-order valence-corrected chi connectivity index (χ3v) is 4.51. The van der Waals surface area contributed by atoms with Crippen LogP contribution in [0.15, 0.2) is 23.8 Å². The SMILES string of the molecule is CC(C)C1(C(C)(C)C)C=CC(C(C)(C)C)=CC1. The van der Waals surface area contributed by atoms with Crippen LogP contribution in [0.5, 0.6) is 0 Å². The highest BCUT2D eigenvalue weighted by molar-refractivity contribution is 5.32. The maximum Gasteiger partial charge on any atom is -0.000892 e. The van der Waals surface area contributed by atoms with Gasteiger partial charge in [0.05, 0.1) is 0 Å². The number of rotatable bonds is 1. The van der Waals surface area contributed by atoms with Gasteiger partial charge in [0.1, 0.15) is 0 Å². The largest absolute Gasteiger partial charge is 0.0799 e. The summed E-state index contributed by atoms with van der Waals surface area (Å²) < 4.78 is 0. The summed E-state index contributed by atoms with van der Waals surface area (Å²) in [6.45, 7) is 18.7. The maximum atomic E-state index is 2.48. The second-order valence-electron chi connectivity index (χ2n) is 7.89. The fourth-order valence-corrected chi connectivity index (χ4v) is 3.06. The van der Waals surface area contributed by atoms with E-state index in [2.05, 4.69) is 73.6 Å². The van der Waals surface area contributed by atoms with Crippen molar-refractivity contribution in [2.45, 2.75) is 61.8 Å². The monoisotopic (exact) mass is 234 g/mol. The lowest BCUT2D eigenvalue weighted by Gasteiger charge is -2.48. The molecule has 0 spiro atoms. The van der Waals surface area contributed by atoms with Crippen LogP contribution < -0.4 is 0 Å². The van der Waals surface area contributed by atoms with Gasteiger partial charge in [-0.1, -0.05) is 73.6 Å². The zero-order valence-electron chi connectivity index (χ0n) is 13.0. The molecule has 0 heterocycles. The van der Waals surface area contributed by atoms with E-state index in [9.17, 15) is 0 Å². The molecule has 0 saturated carbocycles. The van der Waals surface area contributed by atoms with Crippen molar-refractivity contribution in [2.24, 2.45) is 22.2 Å². The van der Waals surface area contributed by atoms with Crippen LogP contribution in [0.3, 0.4) is 0 Å². The predicted molar refractivity (Wildman–Crippen MR) is 78.0 cm³/mol. The van der Waals surface area contributed by atoms with E-state index in [0.29, 0.717) is 16.7 Å². The molecule has 0 aliphatic heterocycles. The van der Waals surface area contributed by atoms with Crippen molar-refractivity contribution in [3.8, 4) is 0 Å². The lowest BCUT2D eigenvalue weighted by Crippen LogP contribution is -2.39. The van der Waals surface area contributed by atoms with Gasteiger partial charge in [-0.25, -0.2) is 0 Å². The fraction of sp³-hybridized carbons (Fsp3) is 0.765. The summed E-state index contributed by atoms with van der Waals surface area (Å²) in [5.74, 6) is 0.677. The number of hydrogen-bond acceptors (Lipinski definition) is 0. The zero-order chi connectivity index (χ0) is 13.5. The molecule has 0 amide bonds. The summed E-state index contributed by atoms with van der Waals surface area (Å²) in [4.78, 5) is 0. The Morgan fingerprint density at radius 1 is 1.06 bits per heavy atom. The first-order valence-corrected chi connectivity index (χ1v) is 6.90. The smallest absolute Gasteiger partial charge is 0.000892 e. The summed E-state index contributed by atoms with van der Waals surface area (Å²) in [5.41, 5.74) is 2.38. The van der Waals surface area contributed by atoms with Crippen LogP contribution in [-0.2, 0) is 0 Å². The van der Waals surface area contributed by atoms with Gasteiger partial charge in [-0.3, -0.25) is 0 Å². The van der Waals surface area contributed by atoms with E-state index in [1.807, 2.05) is 0 Å². The Bertz CT molecular complexity index is 328. The van der Waals surface area contributed by atoms with E-state index in [1.165, 1.54) is 12.0 Å². The third-order valence-electron chi connectivity index (χ3n) is 4.51. The molecule has 0 nitrogen and oxygen atoms in total. The standard InChI is InChI=1S/C17H30/c1-13(2)17(16(6,7)8)11-9-14(10-12-17)15(3,4)5/h9-11,13H,12H2,1-8H3. The average molecular weight is 234 g/mol. The van der Waals surface area contributed by atoms with Crippen molar-refractivity contribution >= 4 is 0 Å². The fourth-order valence-electron chi connectivity index (χ4n) is 3.06. The Balaban J connectivity index is 3.07. The first-order chi connectivity index (χ1) is 7.51. The van der Waals surface area contributed by atoms with E-state index in [-0.39, 0.29) is 5.41 Å². The molecule has 0 fully saturated rings. The Morgan fingerprint density at radius 2 is 1.59 bits per heavy atom. The second kappa shape index (κ2) is 4.30. The minimum Gasteiger partial charge on any atom is -0.0799 e. The molecule has 0 aromatic heterocycles. The van der Waals surface area contributed by atoms with Gasteiger partial charge in [0.25, 0.3) is 0 Å². The summed E-state index contributed by atoms with van der Waals surface area (Å²) in [6, 6.07) is 0. The van der Waals surface area contributed by atoms with Crippen molar-refractivity contribution in [1.82, 2.24) is 0 Å². The normalized spacial score (nSPS) is 26.3. The molecular formula is C17H30. The summed E-state index contributed by atoms with van der Waals surface area (Å²) in [6.07, 6.45) is 8.50. The summed E-state index contributed by atoms with van der Waals surface area (Å²) in [7, 11) is 0. The number of allylic oxidation sites excluding steroid dienone is 4. The lowest BCUT2D eigenvalue weighted by molar-refractivity contribution is 0.0865. The van der Waals surface area contributed by atoms with Crippen molar-refractivity contribution in [3.63, 3.8) is 0 Å². The van der Waals surface area contributed by atoms with Gasteiger partial charge in [-0.15, -0.1) is 0 Å². The first-order valence-electron chi connectivity index (χ1n) is 6.90. The Hall–Kier alpha value is -0.520. The highest BCUT2D eigenvalue weighted by Crippen LogP contribution is 2.51. The van der Waals surface area contributed by atoms with Gasteiger partial charge >= 0.3 is 0 Å². The van der Waals surface area contributed by atoms with Crippen molar-refractivity contribution in [2.75, 3.05) is 0 Å². The van der Waals surface area contributed by atoms with Crippen LogP contribution in [0, 0.1) is 22.2 Å². The molecule has 1 atom stereocenters. The van der Waals surface area contributed by atoms with Crippen LogP contribution in [0.25, 0.3) is 0 Å². The molecule has 0 saturated heterocycles. The van der Waals surface area contributed by atoms with E-state index < -0.39 is 0 Å². The molecule has 0 heteroatoms. The van der Waals surface area contributed by atoms with Crippen molar-refractivity contribution in [3.05, 3.63) is 23.8 Å². The molecule has 0 bridgehead atoms. The first kappa shape index (κ1) is 14.5. The summed E-state index contributed by atoms with van der Waals surface area (Å²) >= 11 is 0.